The van der Waals surface area contributed by atoms with Crippen molar-refractivity contribution in [3.05, 3.63) is 0 Å². The Bertz CT molecular complexity index is 723. The van der Waals surface area contributed by atoms with Crippen LogP contribution in [-0.2, 0) is 47.7 Å². The Kier molecular flexibility index (Phi) is 14.9. The van der Waals surface area contributed by atoms with E-state index >= 15 is 0 Å². The lowest BCUT2D eigenvalue weighted by molar-refractivity contribution is -0.200. The maximum absolute atomic E-state index is 13.0. The zero-order chi connectivity index (χ0) is 28.0. The average Bonchev–Trinajstić information content (AvgIpc) is 2.71. The van der Waals surface area contributed by atoms with E-state index in [1.807, 2.05) is 0 Å². The summed E-state index contributed by atoms with van der Waals surface area (Å²) in [6, 6.07) is 0. The van der Waals surface area contributed by atoms with Gasteiger partial charge in [0.1, 0.15) is 0 Å². The van der Waals surface area contributed by atoms with Gasteiger partial charge in [0.2, 0.25) is 12.2 Å². The zero-order valence-electron chi connectivity index (χ0n) is 22.1. The molecule has 14 nitrogen and oxygen atoms in total. The molecule has 2 amide bonds. The molecule has 0 aromatic carbocycles. The molecular formula is C22H38N4O10. The van der Waals surface area contributed by atoms with E-state index in [4.69, 9.17) is 18.9 Å². The van der Waals surface area contributed by atoms with Gasteiger partial charge in [0.25, 0.3) is 11.8 Å². The van der Waals surface area contributed by atoms with Crippen LogP contribution in [0.1, 0.15) is 27.7 Å². The largest absolute Gasteiger partial charge is 0.454 e. The van der Waals surface area contributed by atoms with E-state index in [0.717, 1.165) is 27.7 Å². The molecule has 0 heterocycles. The number of ether oxygens (including phenoxy) is 4. The first-order chi connectivity index (χ1) is 16.6. The van der Waals surface area contributed by atoms with Gasteiger partial charge in [-0.1, -0.05) is 0 Å². The molecule has 0 radical (unpaired) electrons. The van der Waals surface area contributed by atoms with Crippen LogP contribution in [0, 0.1) is 0 Å². The molecule has 206 valence electrons. The number of rotatable bonds is 15. The third kappa shape index (κ3) is 13.6. The molecule has 0 saturated carbocycles. The fraction of sp³-hybridized carbons (Fsp3) is 0.727. The van der Waals surface area contributed by atoms with Crippen LogP contribution >= 0.6 is 0 Å². The number of nitrogens with one attached hydrogen (secondary N) is 2. The first-order valence-electron chi connectivity index (χ1n) is 11.2. The zero-order valence-corrected chi connectivity index (χ0v) is 22.1. The Morgan fingerprint density at radius 3 is 1.06 bits per heavy atom. The molecule has 0 saturated heterocycles. The monoisotopic (exact) mass is 518 g/mol. The molecule has 36 heavy (non-hydrogen) atoms. The summed E-state index contributed by atoms with van der Waals surface area (Å²) < 4.78 is 20.7. The summed E-state index contributed by atoms with van der Waals surface area (Å²) in [6.45, 7) is 5.16. The van der Waals surface area contributed by atoms with Crippen LogP contribution in [0.25, 0.3) is 0 Å². The van der Waals surface area contributed by atoms with E-state index < -0.39 is 60.1 Å². The van der Waals surface area contributed by atoms with Crippen LogP contribution in [0.2, 0.25) is 0 Å². The van der Waals surface area contributed by atoms with Gasteiger partial charge in [0.15, 0.2) is 12.2 Å². The standard InChI is InChI=1S/C22H38N4O10/c1-13(27)33-17(19(35-15(3)29)21(31)23-9-11-25(5)6)18(34-14(2)28)20(36-16(4)30)22(32)24-10-12-26(7)8/h17-20H,9-12H2,1-8H3,(H,23,31)(H,24,32)/t17-,18-,19+,20+/m1/s1. The van der Waals surface area contributed by atoms with Gasteiger partial charge in [0.05, 0.1) is 0 Å². The molecule has 14 heteroatoms. The molecule has 0 bridgehead atoms. The van der Waals surface area contributed by atoms with Crippen molar-refractivity contribution in [3.63, 3.8) is 0 Å². The first-order valence-corrected chi connectivity index (χ1v) is 11.2. The molecule has 0 spiro atoms. The van der Waals surface area contributed by atoms with E-state index in [1.54, 1.807) is 38.0 Å². The SMILES string of the molecule is CC(=O)O[C@H]([C@@H](OC(C)=O)[C@H](OC(C)=O)C(=O)NCCN(C)C)[C@H](OC(C)=O)C(=O)NCCN(C)C. The lowest BCUT2D eigenvalue weighted by atomic mass is 10.00. The van der Waals surface area contributed by atoms with Crippen molar-refractivity contribution in [2.45, 2.75) is 52.1 Å². The Labute approximate surface area is 210 Å². The first kappa shape index (κ1) is 32.7. The summed E-state index contributed by atoms with van der Waals surface area (Å²) in [5.74, 6) is -5.48. The van der Waals surface area contributed by atoms with Crippen LogP contribution in [-0.4, -0.2) is 124 Å². The predicted octanol–water partition coefficient (Wildman–Crippen LogP) is -1.93. The number of nitrogens with zero attached hydrogens (tertiary/aromatic N) is 2. The summed E-state index contributed by atoms with van der Waals surface area (Å²) in [4.78, 5) is 77.1. The summed E-state index contributed by atoms with van der Waals surface area (Å²) in [5, 5.41) is 5.07. The minimum atomic E-state index is -1.84. The maximum Gasteiger partial charge on any atom is 0.303 e. The Morgan fingerprint density at radius 2 is 0.833 bits per heavy atom. The number of carbonyl (C=O) groups is 6. The van der Waals surface area contributed by atoms with Crippen LogP contribution in [0.3, 0.4) is 0 Å². The van der Waals surface area contributed by atoms with Crippen molar-refractivity contribution in [1.82, 2.24) is 20.4 Å². The molecule has 0 aromatic rings. The van der Waals surface area contributed by atoms with Crippen molar-refractivity contribution >= 4 is 35.7 Å². The molecule has 0 aliphatic rings. The van der Waals surface area contributed by atoms with E-state index in [-0.39, 0.29) is 13.1 Å². The minimum absolute atomic E-state index is 0.132. The van der Waals surface area contributed by atoms with Gasteiger partial charge < -0.3 is 39.4 Å². The highest BCUT2D eigenvalue weighted by molar-refractivity contribution is 5.87. The van der Waals surface area contributed by atoms with Gasteiger partial charge in [0, 0.05) is 53.9 Å². The number of hydrogen-bond donors (Lipinski definition) is 2. The van der Waals surface area contributed by atoms with Crippen LogP contribution < -0.4 is 10.6 Å². The fourth-order valence-electron chi connectivity index (χ4n) is 2.89. The van der Waals surface area contributed by atoms with Crippen molar-refractivity contribution in [2.24, 2.45) is 0 Å². The van der Waals surface area contributed by atoms with Crippen LogP contribution in [0.15, 0.2) is 0 Å². The highest BCUT2D eigenvalue weighted by Crippen LogP contribution is 2.20. The quantitative estimate of drug-likeness (QED) is 0.182. The molecule has 0 aliphatic heterocycles. The number of carbonyl (C=O) groups excluding carboxylic acids is 6. The van der Waals surface area contributed by atoms with Gasteiger partial charge in [-0.15, -0.1) is 0 Å². The smallest absolute Gasteiger partial charge is 0.303 e. The molecule has 0 rings (SSSR count). The number of esters is 4. The summed E-state index contributed by atoms with van der Waals surface area (Å²) in [7, 11) is 7.08. The number of likely N-dealkylation sites (N-methyl/N-ethyl adjacent to an activating group) is 2. The highest BCUT2D eigenvalue weighted by Gasteiger charge is 2.48. The second kappa shape index (κ2) is 16.4. The second-order valence-electron chi connectivity index (χ2n) is 8.40. The van der Waals surface area contributed by atoms with Crippen LogP contribution in [0.5, 0.6) is 0 Å². The van der Waals surface area contributed by atoms with Crippen molar-refractivity contribution < 1.29 is 47.7 Å². The lowest BCUT2D eigenvalue weighted by Gasteiger charge is -2.34. The van der Waals surface area contributed by atoms with Crippen molar-refractivity contribution in [1.29, 1.82) is 0 Å². The molecule has 0 aromatic heterocycles. The molecule has 0 unspecified atom stereocenters. The van der Waals surface area contributed by atoms with Gasteiger partial charge in [-0.25, -0.2) is 0 Å². The Morgan fingerprint density at radius 1 is 0.556 bits per heavy atom. The summed E-state index contributed by atoms with van der Waals surface area (Å²) >= 11 is 0. The Hall–Kier alpha value is -3.26. The molecule has 2 N–H and O–H groups in total. The normalized spacial score (nSPS) is 14.2. The molecule has 4 atom stereocenters. The van der Waals surface area contributed by atoms with E-state index in [0.29, 0.717) is 13.1 Å². The molecular weight excluding hydrogens is 480 g/mol. The second-order valence-corrected chi connectivity index (χ2v) is 8.40. The topological polar surface area (TPSA) is 170 Å². The third-order valence-electron chi connectivity index (χ3n) is 4.34. The highest BCUT2D eigenvalue weighted by atomic mass is 16.6. The van der Waals surface area contributed by atoms with Crippen LogP contribution in [0.4, 0.5) is 0 Å². The summed E-state index contributed by atoms with van der Waals surface area (Å²) in [6.07, 6.45) is -7.35. The maximum atomic E-state index is 13.0. The van der Waals surface area contributed by atoms with Gasteiger partial charge >= 0.3 is 23.9 Å². The average molecular weight is 519 g/mol. The Balaban J connectivity index is 6.44. The van der Waals surface area contributed by atoms with Crippen molar-refractivity contribution in [3.8, 4) is 0 Å². The fourth-order valence-corrected chi connectivity index (χ4v) is 2.89. The lowest BCUT2D eigenvalue weighted by Crippen LogP contribution is -2.59. The van der Waals surface area contributed by atoms with Gasteiger partial charge in [-0.2, -0.15) is 0 Å². The van der Waals surface area contributed by atoms with Gasteiger partial charge in [-0.05, 0) is 28.2 Å². The van der Waals surface area contributed by atoms with E-state index in [9.17, 15) is 28.8 Å². The number of hydrogen-bond acceptors (Lipinski definition) is 12. The molecule has 0 fully saturated rings. The number of amides is 2. The minimum Gasteiger partial charge on any atom is -0.454 e. The van der Waals surface area contributed by atoms with Crippen molar-refractivity contribution in [2.75, 3.05) is 54.4 Å². The summed E-state index contributed by atoms with van der Waals surface area (Å²) in [5.41, 5.74) is 0. The third-order valence-corrected chi connectivity index (χ3v) is 4.34. The van der Waals surface area contributed by atoms with E-state index in [1.165, 1.54) is 0 Å². The van der Waals surface area contributed by atoms with Gasteiger partial charge in [-0.3, -0.25) is 28.8 Å². The van der Waals surface area contributed by atoms with E-state index in [2.05, 4.69) is 10.6 Å². The predicted molar refractivity (Wildman–Crippen MR) is 125 cm³/mol. The molecule has 0 aliphatic carbocycles.